The summed E-state index contributed by atoms with van der Waals surface area (Å²) in [7, 11) is -3.69. The van der Waals surface area contributed by atoms with E-state index in [0.29, 0.717) is 40.1 Å². The fourth-order valence-corrected chi connectivity index (χ4v) is 7.18. The van der Waals surface area contributed by atoms with E-state index in [1.54, 1.807) is 47.4 Å². The van der Waals surface area contributed by atoms with Crippen LogP contribution in [-0.4, -0.2) is 56.6 Å². The molecule has 1 fully saturated rings. The summed E-state index contributed by atoms with van der Waals surface area (Å²) in [4.78, 5) is 29.6. The Bertz CT molecular complexity index is 1530. The molecule has 3 aromatic carbocycles. The molecule has 45 heavy (non-hydrogen) atoms. The molecule has 1 N–H and O–H groups in total. The highest BCUT2D eigenvalue weighted by molar-refractivity contribution is 7.92. The number of hydrogen-bond acceptors (Lipinski definition) is 5. The van der Waals surface area contributed by atoms with Crippen LogP contribution in [-0.2, 0) is 32.6 Å². The first-order valence-electron chi connectivity index (χ1n) is 15.3. The summed E-state index contributed by atoms with van der Waals surface area (Å²) in [6, 6.07) is 20.9. The molecule has 0 unspecified atom stereocenters. The number of ether oxygens (including phenoxy) is 1. The zero-order valence-electron chi connectivity index (χ0n) is 25.8. The number of carbonyl (C=O) groups excluding carboxylic acids is 2. The van der Waals surface area contributed by atoms with Crippen molar-refractivity contribution in [3.8, 4) is 5.75 Å². The SMILES string of the molecule is CCOc1ccccc1N(CCCC(=O)N(Cc1c(Cl)cccc1Cl)[C@H](Cc1ccccc1)C(=O)NC1CCCC1)S(C)(=O)=O. The van der Waals surface area contributed by atoms with Crippen LogP contribution in [0.15, 0.2) is 72.8 Å². The molecule has 242 valence electrons. The van der Waals surface area contributed by atoms with Gasteiger partial charge in [-0.2, -0.15) is 0 Å². The van der Waals surface area contributed by atoms with Crippen LogP contribution >= 0.6 is 23.2 Å². The van der Waals surface area contributed by atoms with Crippen LogP contribution in [0.2, 0.25) is 10.0 Å². The van der Waals surface area contributed by atoms with E-state index >= 15 is 0 Å². The highest BCUT2D eigenvalue weighted by Crippen LogP contribution is 2.31. The van der Waals surface area contributed by atoms with Crippen molar-refractivity contribution in [3.63, 3.8) is 0 Å². The minimum atomic E-state index is -3.69. The fourth-order valence-electron chi connectivity index (χ4n) is 5.70. The number of halogens is 2. The Labute approximate surface area is 276 Å². The van der Waals surface area contributed by atoms with Crippen molar-refractivity contribution >= 4 is 50.7 Å². The Morgan fingerprint density at radius 2 is 1.60 bits per heavy atom. The molecule has 11 heteroatoms. The maximum absolute atomic E-state index is 14.1. The summed E-state index contributed by atoms with van der Waals surface area (Å²) in [5.74, 6) is -0.0936. The molecule has 8 nitrogen and oxygen atoms in total. The second-order valence-corrected chi connectivity index (χ2v) is 14.0. The predicted octanol–water partition coefficient (Wildman–Crippen LogP) is 6.64. The van der Waals surface area contributed by atoms with Gasteiger partial charge in [0.25, 0.3) is 0 Å². The molecule has 0 aromatic heterocycles. The van der Waals surface area contributed by atoms with E-state index in [9.17, 15) is 18.0 Å². The molecule has 1 atom stereocenters. The highest BCUT2D eigenvalue weighted by Gasteiger charge is 2.33. The quantitative estimate of drug-likeness (QED) is 0.195. The molecule has 0 radical (unpaired) electrons. The largest absolute Gasteiger partial charge is 0.492 e. The fraction of sp³-hybridized carbons (Fsp3) is 0.412. The number of benzene rings is 3. The second-order valence-electron chi connectivity index (χ2n) is 11.3. The number of rotatable bonds is 15. The Morgan fingerprint density at radius 3 is 2.24 bits per heavy atom. The number of para-hydroxylation sites is 2. The first-order chi connectivity index (χ1) is 21.6. The molecule has 4 rings (SSSR count). The number of anilines is 1. The van der Waals surface area contributed by atoms with Crippen LogP contribution in [0, 0.1) is 0 Å². The van der Waals surface area contributed by atoms with E-state index in [1.807, 2.05) is 37.3 Å². The predicted molar refractivity (Wildman–Crippen MR) is 180 cm³/mol. The molecule has 0 aliphatic heterocycles. The van der Waals surface area contributed by atoms with Gasteiger partial charge >= 0.3 is 0 Å². The third kappa shape index (κ3) is 9.61. The van der Waals surface area contributed by atoms with E-state index in [4.69, 9.17) is 27.9 Å². The number of nitrogens with zero attached hydrogens (tertiary/aromatic N) is 2. The zero-order chi connectivity index (χ0) is 32.4. The van der Waals surface area contributed by atoms with E-state index in [2.05, 4.69) is 5.32 Å². The van der Waals surface area contributed by atoms with Gasteiger partial charge in [-0.1, -0.05) is 84.6 Å². The van der Waals surface area contributed by atoms with Gasteiger partial charge in [0.1, 0.15) is 11.8 Å². The van der Waals surface area contributed by atoms with E-state index in [1.165, 1.54) is 4.31 Å². The normalized spacial score (nSPS) is 14.1. The average Bonchev–Trinajstić information content (AvgIpc) is 3.52. The van der Waals surface area contributed by atoms with E-state index in [-0.39, 0.29) is 43.8 Å². The highest BCUT2D eigenvalue weighted by atomic mass is 35.5. The van der Waals surface area contributed by atoms with Gasteiger partial charge in [0.2, 0.25) is 21.8 Å². The van der Waals surface area contributed by atoms with Crippen molar-refractivity contribution in [1.29, 1.82) is 0 Å². The lowest BCUT2D eigenvalue weighted by molar-refractivity contribution is -0.141. The van der Waals surface area contributed by atoms with Crippen LogP contribution in [0.25, 0.3) is 0 Å². The number of nitrogens with one attached hydrogen (secondary N) is 1. The lowest BCUT2D eigenvalue weighted by Gasteiger charge is -2.33. The lowest BCUT2D eigenvalue weighted by atomic mass is 10.0. The van der Waals surface area contributed by atoms with Gasteiger partial charge in [-0.25, -0.2) is 8.42 Å². The van der Waals surface area contributed by atoms with E-state index < -0.39 is 16.1 Å². The first-order valence-corrected chi connectivity index (χ1v) is 17.9. The van der Waals surface area contributed by atoms with Crippen molar-refractivity contribution in [2.24, 2.45) is 0 Å². The van der Waals surface area contributed by atoms with Crippen molar-refractivity contribution in [3.05, 3.63) is 94.0 Å². The molecule has 3 aromatic rings. The molecule has 0 bridgehead atoms. The van der Waals surface area contributed by atoms with Gasteiger partial charge in [0.15, 0.2) is 0 Å². The Hall–Kier alpha value is -3.27. The number of carbonyl (C=O) groups is 2. The second kappa shape index (κ2) is 16.3. The van der Waals surface area contributed by atoms with Crippen LogP contribution in [0.1, 0.15) is 56.6 Å². The van der Waals surface area contributed by atoms with Gasteiger partial charge in [0, 0.05) is 47.6 Å². The Kier molecular flexibility index (Phi) is 12.6. The third-order valence-corrected chi connectivity index (χ3v) is 9.84. The molecular weight excluding hydrogens is 633 g/mol. The van der Waals surface area contributed by atoms with Gasteiger partial charge < -0.3 is 15.0 Å². The third-order valence-electron chi connectivity index (χ3n) is 7.95. The van der Waals surface area contributed by atoms with Crippen LogP contribution in [0.5, 0.6) is 5.75 Å². The zero-order valence-corrected chi connectivity index (χ0v) is 28.1. The van der Waals surface area contributed by atoms with Gasteiger partial charge in [-0.15, -0.1) is 0 Å². The van der Waals surface area contributed by atoms with Gasteiger partial charge in [0.05, 0.1) is 18.6 Å². The smallest absolute Gasteiger partial charge is 0.243 e. The van der Waals surface area contributed by atoms with Crippen molar-refractivity contribution in [2.45, 2.75) is 70.5 Å². The van der Waals surface area contributed by atoms with Gasteiger partial charge in [-0.3, -0.25) is 13.9 Å². The molecule has 1 saturated carbocycles. The Morgan fingerprint density at radius 1 is 0.956 bits per heavy atom. The summed E-state index contributed by atoms with van der Waals surface area (Å²) < 4.78 is 32.7. The first kappa shape index (κ1) is 34.6. The standard InChI is InChI=1S/C34H41Cl2N3O5S/c1-3-44-32-20-10-9-19-30(32)39(45(2,42)43)22-12-21-33(40)38(24-27-28(35)17-11-18-29(27)36)31(23-25-13-5-4-6-14-25)34(41)37-26-15-7-8-16-26/h4-6,9-11,13-14,17-20,26,31H,3,7-8,12,15-16,21-24H2,1-2H3,(H,37,41)/t31-/m1/s1. The summed E-state index contributed by atoms with van der Waals surface area (Å²) in [5.41, 5.74) is 1.86. The molecule has 0 heterocycles. The van der Waals surface area contributed by atoms with Crippen molar-refractivity contribution < 1.29 is 22.7 Å². The summed E-state index contributed by atoms with van der Waals surface area (Å²) in [5, 5.41) is 3.97. The Balaban J connectivity index is 1.63. The van der Waals surface area contributed by atoms with Gasteiger partial charge in [-0.05, 0) is 56.0 Å². The molecule has 0 saturated heterocycles. The molecular formula is C34H41Cl2N3O5S. The van der Waals surface area contributed by atoms with Crippen LogP contribution in [0.4, 0.5) is 5.69 Å². The van der Waals surface area contributed by atoms with Crippen LogP contribution < -0.4 is 14.4 Å². The molecule has 1 aliphatic carbocycles. The molecule has 1 aliphatic rings. The van der Waals surface area contributed by atoms with Crippen molar-refractivity contribution in [2.75, 3.05) is 23.7 Å². The monoisotopic (exact) mass is 673 g/mol. The average molecular weight is 675 g/mol. The minimum Gasteiger partial charge on any atom is -0.492 e. The maximum Gasteiger partial charge on any atom is 0.243 e. The number of amides is 2. The minimum absolute atomic E-state index is 0.00705. The number of sulfonamides is 1. The van der Waals surface area contributed by atoms with Crippen molar-refractivity contribution in [1.82, 2.24) is 10.2 Å². The summed E-state index contributed by atoms with van der Waals surface area (Å²) in [6.07, 6.45) is 5.54. The maximum atomic E-state index is 14.1. The lowest BCUT2D eigenvalue weighted by Crippen LogP contribution is -2.52. The topological polar surface area (TPSA) is 96.0 Å². The summed E-state index contributed by atoms with van der Waals surface area (Å²) in [6.45, 7) is 2.27. The summed E-state index contributed by atoms with van der Waals surface area (Å²) >= 11 is 13.1. The number of hydrogen-bond donors (Lipinski definition) is 1. The van der Waals surface area contributed by atoms with Crippen LogP contribution in [0.3, 0.4) is 0 Å². The molecule has 0 spiro atoms. The van der Waals surface area contributed by atoms with E-state index in [0.717, 1.165) is 37.5 Å². The molecule has 2 amide bonds.